The van der Waals surface area contributed by atoms with Gasteiger partial charge in [0.15, 0.2) is 0 Å². The summed E-state index contributed by atoms with van der Waals surface area (Å²) in [4.78, 5) is 0. The van der Waals surface area contributed by atoms with Gasteiger partial charge in [-0.05, 0) is 71.9 Å². The SMILES string of the molecule is Cn1c2ccccc2c2c(-c3c(P(c4ccccc4)c4ccccc4)ccc4c3c3ccccc3n4C)c(P(c3ccccc3)c3ccccc3)ccc21. The van der Waals surface area contributed by atoms with Gasteiger partial charge in [-0.1, -0.05) is 170 Å². The summed E-state index contributed by atoms with van der Waals surface area (Å²) in [5.74, 6) is 0. The molecule has 0 spiro atoms. The van der Waals surface area contributed by atoms with Crippen molar-refractivity contribution in [3.63, 3.8) is 0 Å². The highest BCUT2D eigenvalue weighted by atomic mass is 31.1. The number of nitrogens with zero attached hydrogens (tertiary/aromatic N) is 2. The van der Waals surface area contributed by atoms with E-state index in [0.717, 1.165) is 0 Å². The molecule has 0 amide bonds. The van der Waals surface area contributed by atoms with Crippen LogP contribution in [0.25, 0.3) is 54.7 Å². The van der Waals surface area contributed by atoms with Crippen molar-refractivity contribution >= 4 is 91.3 Å². The van der Waals surface area contributed by atoms with E-state index in [1.54, 1.807) is 0 Å². The van der Waals surface area contributed by atoms with Gasteiger partial charge in [0.05, 0.1) is 0 Å². The van der Waals surface area contributed by atoms with E-state index in [4.69, 9.17) is 0 Å². The molecule has 4 heteroatoms. The number of aryl methyl sites for hydroxylation is 2. The predicted molar refractivity (Wildman–Crippen MR) is 237 cm³/mol. The highest BCUT2D eigenvalue weighted by molar-refractivity contribution is 7.80. The average molecular weight is 729 g/mol. The fourth-order valence-corrected chi connectivity index (χ4v) is 13.5. The van der Waals surface area contributed by atoms with E-state index < -0.39 is 15.8 Å². The van der Waals surface area contributed by atoms with Crippen LogP contribution in [0.4, 0.5) is 0 Å². The van der Waals surface area contributed by atoms with Crippen LogP contribution in [0.2, 0.25) is 0 Å². The molecule has 0 saturated carbocycles. The molecule has 54 heavy (non-hydrogen) atoms. The second kappa shape index (κ2) is 13.6. The standard InChI is InChI=1S/C50H38N2P2/c1-51-41-29-17-15-27-39(41)47-43(51)31-33-45(53(35-19-7-3-8-20-35)36-21-9-4-10-22-36)49(47)50-46(34-32-44-48(50)40-28-16-18-30-42(40)52(44)2)54(37-23-11-5-12-24-37)38-25-13-6-14-26-38/h3-34H,1-2H3. The van der Waals surface area contributed by atoms with Gasteiger partial charge in [0.25, 0.3) is 0 Å². The number of hydrogen-bond acceptors (Lipinski definition) is 0. The predicted octanol–water partition coefficient (Wildman–Crippen LogP) is 10.2. The highest BCUT2D eigenvalue weighted by Crippen LogP contribution is 2.49. The summed E-state index contributed by atoms with van der Waals surface area (Å²) in [6.07, 6.45) is 0. The van der Waals surface area contributed by atoms with E-state index in [-0.39, 0.29) is 0 Å². The summed E-state index contributed by atoms with van der Waals surface area (Å²) in [7, 11) is 2.55. The Balaban J connectivity index is 1.46. The van der Waals surface area contributed by atoms with E-state index in [0.29, 0.717) is 0 Å². The molecule has 0 N–H and O–H groups in total. The first-order valence-electron chi connectivity index (χ1n) is 18.5. The smallest absolute Gasteiger partial charge is 0.0495 e. The summed E-state index contributed by atoms with van der Waals surface area (Å²) in [5, 5.41) is 13.4. The van der Waals surface area contributed by atoms with Gasteiger partial charge in [0, 0.05) is 68.8 Å². The lowest BCUT2D eigenvalue weighted by Crippen LogP contribution is -2.26. The van der Waals surface area contributed by atoms with Gasteiger partial charge in [-0.2, -0.15) is 0 Å². The number of aromatic nitrogens is 2. The Morgan fingerprint density at radius 1 is 0.296 bits per heavy atom. The van der Waals surface area contributed by atoms with E-state index in [2.05, 4.69) is 217 Å². The number of para-hydroxylation sites is 2. The van der Waals surface area contributed by atoms with E-state index in [9.17, 15) is 0 Å². The van der Waals surface area contributed by atoms with Crippen molar-refractivity contribution in [2.45, 2.75) is 0 Å². The average Bonchev–Trinajstić information content (AvgIpc) is 3.70. The maximum absolute atomic E-state index is 2.46. The summed E-state index contributed by atoms with van der Waals surface area (Å²) in [6.45, 7) is 0. The van der Waals surface area contributed by atoms with Gasteiger partial charge in [-0.3, -0.25) is 0 Å². The van der Waals surface area contributed by atoms with Crippen molar-refractivity contribution in [3.8, 4) is 11.1 Å². The highest BCUT2D eigenvalue weighted by Gasteiger charge is 2.31. The Kier molecular flexibility index (Phi) is 8.25. The molecule has 0 unspecified atom stereocenters. The quantitative estimate of drug-likeness (QED) is 0.145. The second-order valence-electron chi connectivity index (χ2n) is 13.9. The molecule has 2 aromatic heterocycles. The summed E-state index contributed by atoms with van der Waals surface area (Å²) < 4.78 is 4.79. The molecule has 2 heterocycles. The van der Waals surface area contributed by atoms with Gasteiger partial charge in [-0.25, -0.2) is 0 Å². The molecule has 10 rings (SSSR count). The third-order valence-electron chi connectivity index (χ3n) is 10.9. The third-order valence-corrected chi connectivity index (χ3v) is 15.9. The fourth-order valence-electron chi connectivity index (χ4n) is 8.52. The van der Waals surface area contributed by atoms with Gasteiger partial charge in [0.1, 0.15) is 0 Å². The molecular weight excluding hydrogens is 691 g/mol. The van der Waals surface area contributed by atoms with E-state index >= 15 is 0 Å². The van der Waals surface area contributed by atoms with E-state index in [1.165, 1.54) is 86.6 Å². The van der Waals surface area contributed by atoms with Gasteiger partial charge in [0.2, 0.25) is 0 Å². The molecule has 2 nitrogen and oxygen atoms in total. The first-order valence-corrected chi connectivity index (χ1v) is 21.2. The van der Waals surface area contributed by atoms with Crippen LogP contribution in [-0.2, 0) is 14.1 Å². The normalized spacial score (nSPS) is 11.9. The fraction of sp³-hybridized carbons (Fsp3) is 0.0400. The van der Waals surface area contributed by atoms with Crippen molar-refractivity contribution in [2.75, 3.05) is 0 Å². The maximum atomic E-state index is 2.46. The van der Waals surface area contributed by atoms with Crippen molar-refractivity contribution in [3.05, 3.63) is 194 Å². The van der Waals surface area contributed by atoms with Crippen LogP contribution in [-0.4, -0.2) is 9.13 Å². The van der Waals surface area contributed by atoms with Crippen molar-refractivity contribution < 1.29 is 0 Å². The van der Waals surface area contributed by atoms with Crippen LogP contribution >= 0.6 is 15.8 Å². The lowest BCUT2D eigenvalue weighted by Gasteiger charge is -2.28. The monoisotopic (exact) mass is 728 g/mol. The van der Waals surface area contributed by atoms with Gasteiger partial charge in [-0.15, -0.1) is 0 Å². The molecule has 0 radical (unpaired) electrons. The molecule has 0 bridgehead atoms. The van der Waals surface area contributed by atoms with Crippen LogP contribution < -0.4 is 31.8 Å². The van der Waals surface area contributed by atoms with Crippen molar-refractivity contribution in [2.24, 2.45) is 14.1 Å². The largest absolute Gasteiger partial charge is 0.344 e. The molecule has 10 aromatic rings. The number of hydrogen-bond donors (Lipinski definition) is 0. The van der Waals surface area contributed by atoms with E-state index in [1.807, 2.05) is 0 Å². The lowest BCUT2D eigenvalue weighted by molar-refractivity contribution is 1.01. The Morgan fingerprint density at radius 3 is 0.926 bits per heavy atom. The zero-order valence-corrected chi connectivity index (χ0v) is 32.1. The van der Waals surface area contributed by atoms with Crippen LogP contribution in [0.3, 0.4) is 0 Å². The van der Waals surface area contributed by atoms with Crippen LogP contribution in [0.1, 0.15) is 0 Å². The third kappa shape index (κ3) is 5.25. The first kappa shape index (κ1) is 32.8. The Labute approximate surface area is 318 Å². The minimum atomic E-state index is -0.951. The molecular formula is C50H38N2P2. The minimum absolute atomic E-state index is 0.951. The molecule has 0 fully saturated rings. The van der Waals surface area contributed by atoms with Crippen LogP contribution in [0.15, 0.2) is 194 Å². The number of rotatable bonds is 7. The zero-order chi connectivity index (χ0) is 36.2. The Bertz CT molecular complexity index is 2670. The zero-order valence-electron chi connectivity index (χ0n) is 30.3. The lowest BCUT2D eigenvalue weighted by atomic mass is 9.95. The Morgan fingerprint density at radius 2 is 0.593 bits per heavy atom. The van der Waals surface area contributed by atoms with Crippen LogP contribution in [0, 0.1) is 0 Å². The van der Waals surface area contributed by atoms with Crippen molar-refractivity contribution in [1.82, 2.24) is 9.13 Å². The summed E-state index contributed by atoms with van der Waals surface area (Å²) in [6, 6.07) is 72.4. The second-order valence-corrected chi connectivity index (χ2v) is 18.2. The van der Waals surface area contributed by atoms with Gasteiger partial charge < -0.3 is 9.13 Å². The first-order chi connectivity index (χ1) is 26.7. The van der Waals surface area contributed by atoms with Crippen LogP contribution in [0.5, 0.6) is 0 Å². The topological polar surface area (TPSA) is 9.86 Å². The number of fused-ring (bicyclic) bond motifs is 6. The molecule has 0 aliphatic carbocycles. The summed E-state index contributed by atoms with van der Waals surface area (Å²) in [5.41, 5.74) is 7.68. The molecule has 0 aliphatic rings. The Hall–Kier alpha value is -5.78. The minimum Gasteiger partial charge on any atom is -0.344 e. The van der Waals surface area contributed by atoms with Crippen molar-refractivity contribution in [1.29, 1.82) is 0 Å². The molecule has 0 atom stereocenters. The maximum Gasteiger partial charge on any atom is 0.0495 e. The molecule has 0 aliphatic heterocycles. The molecule has 258 valence electrons. The van der Waals surface area contributed by atoms with Gasteiger partial charge >= 0.3 is 0 Å². The number of benzene rings is 8. The summed E-state index contributed by atoms with van der Waals surface area (Å²) >= 11 is 0. The molecule has 8 aromatic carbocycles. The molecule has 0 saturated heterocycles.